The SMILES string of the molecule is CC(O)c1nc2cc(N)ccc2n1C1(C)CCC1. The van der Waals surface area contributed by atoms with Crippen molar-refractivity contribution in [3.8, 4) is 0 Å². The van der Waals surface area contributed by atoms with Gasteiger partial charge in [-0.05, 0) is 51.3 Å². The molecule has 1 heterocycles. The van der Waals surface area contributed by atoms with E-state index >= 15 is 0 Å². The molecule has 0 bridgehead atoms. The molecule has 0 amide bonds. The van der Waals surface area contributed by atoms with Crippen LogP contribution in [-0.4, -0.2) is 14.7 Å². The van der Waals surface area contributed by atoms with E-state index in [9.17, 15) is 5.11 Å². The van der Waals surface area contributed by atoms with E-state index in [1.807, 2.05) is 18.2 Å². The molecular weight excluding hydrogens is 226 g/mol. The van der Waals surface area contributed by atoms with Gasteiger partial charge < -0.3 is 15.4 Å². The average Bonchev–Trinajstić information content (AvgIpc) is 2.64. The van der Waals surface area contributed by atoms with Crippen molar-refractivity contribution in [2.24, 2.45) is 0 Å². The lowest BCUT2D eigenvalue weighted by molar-refractivity contribution is 0.133. The standard InChI is InChI=1S/C14H19N3O/c1-9(18)13-16-11-8-10(15)4-5-12(11)17(13)14(2)6-3-7-14/h4-5,8-9,18H,3,6-7,15H2,1-2H3. The van der Waals surface area contributed by atoms with Crippen LogP contribution in [0.4, 0.5) is 5.69 Å². The zero-order valence-corrected chi connectivity index (χ0v) is 10.8. The predicted octanol–water partition coefficient (Wildman–Crippen LogP) is 2.57. The molecule has 1 saturated carbocycles. The van der Waals surface area contributed by atoms with E-state index in [2.05, 4.69) is 16.5 Å². The van der Waals surface area contributed by atoms with Crippen LogP contribution in [0.2, 0.25) is 0 Å². The van der Waals surface area contributed by atoms with Gasteiger partial charge in [0.2, 0.25) is 0 Å². The van der Waals surface area contributed by atoms with Gasteiger partial charge in [0.15, 0.2) is 0 Å². The highest BCUT2D eigenvalue weighted by atomic mass is 16.3. The quantitative estimate of drug-likeness (QED) is 0.799. The van der Waals surface area contributed by atoms with Crippen LogP contribution in [-0.2, 0) is 5.54 Å². The van der Waals surface area contributed by atoms with Crippen LogP contribution in [0.1, 0.15) is 45.0 Å². The lowest BCUT2D eigenvalue weighted by Gasteiger charge is -2.41. The smallest absolute Gasteiger partial charge is 0.139 e. The van der Waals surface area contributed by atoms with Gasteiger partial charge in [-0.3, -0.25) is 0 Å². The zero-order chi connectivity index (χ0) is 12.9. The molecule has 1 aliphatic carbocycles. The number of aromatic nitrogens is 2. The molecular formula is C14H19N3O. The van der Waals surface area contributed by atoms with Gasteiger partial charge in [0.1, 0.15) is 11.9 Å². The zero-order valence-electron chi connectivity index (χ0n) is 10.8. The third kappa shape index (κ3) is 1.52. The van der Waals surface area contributed by atoms with E-state index < -0.39 is 6.10 Å². The summed E-state index contributed by atoms with van der Waals surface area (Å²) in [5.41, 5.74) is 8.55. The van der Waals surface area contributed by atoms with Crippen molar-refractivity contribution in [3.05, 3.63) is 24.0 Å². The summed E-state index contributed by atoms with van der Waals surface area (Å²) in [5.74, 6) is 0.748. The molecule has 1 atom stereocenters. The second-order valence-corrected chi connectivity index (χ2v) is 5.58. The number of anilines is 1. The number of nitrogen functional groups attached to an aromatic ring is 1. The van der Waals surface area contributed by atoms with Gasteiger partial charge in [-0.1, -0.05) is 0 Å². The number of nitrogens with two attached hydrogens (primary N) is 1. The second-order valence-electron chi connectivity index (χ2n) is 5.58. The van der Waals surface area contributed by atoms with E-state index in [0.717, 1.165) is 29.7 Å². The summed E-state index contributed by atoms with van der Waals surface area (Å²) in [4.78, 5) is 4.55. The summed E-state index contributed by atoms with van der Waals surface area (Å²) in [5, 5.41) is 9.94. The molecule has 18 heavy (non-hydrogen) atoms. The van der Waals surface area contributed by atoms with Gasteiger partial charge in [0.25, 0.3) is 0 Å². The van der Waals surface area contributed by atoms with Crippen molar-refractivity contribution in [3.63, 3.8) is 0 Å². The minimum absolute atomic E-state index is 0.0944. The van der Waals surface area contributed by atoms with Gasteiger partial charge in [-0.2, -0.15) is 0 Å². The number of rotatable bonds is 2. The number of nitrogens with zero attached hydrogens (tertiary/aromatic N) is 2. The Bertz CT molecular complexity index is 596. The maximum Gasteiger partial charge on any atom is 0.139 e. The molecule has 0 saturated heterocycles. The fourth-order valence-electron chi connectivity index (χ4n) is 2.88. The first-order valence-corrected chi connectivity index (χ1v) is 6.48. The van der Waals surface area contributed by atoms with Crippen molar-refractivity contribution in [1.82, 2.24) is 9.55 Å². The monoisotopic (exact) mass is 245 g/mol. The van der Waals surface area contributed by atoms with Crippen LogP contribution in [0.25, 0.3) is 11.0 Å². The lowest BCUT2D eigenvalue weighted by Crippen LogP contribution is -2.38. The lowest BCUT2D eigenvalue weighted by atomic mass is 9.78. The third-order valence-corrected chi connectivity index (χ3v) is 4.05. The maximum absolute atomic E-state index is 9.94. The summed E-state index contributed by atoms with van der Waals surface area (Å²) in [6, 6.07) is 5.78. The summed E-state index contributed by atoms with van der Waals surface area (Å²) >= 11 is 0. The molecule has 0 spiro atoms. The molecule has 1 aromatic heterocycles. The molecule has 0 aliphatic heterocycles. The highest BCUT2D eigenvalue weighted by Gasteiger charge is 2.37. The molecule has 96 valence electrons. The summed E-state index contributed by atoms with van der Waals surface area (Å²) in [6.07, 6.45) is 2.96. The van der Waals surface area contributed by atoms with Gasteiger partial charge in [-0.25, -0.2) is 4.98 Å². The Morgan fingerprint density at radius 2 is 2.17 bits per heavy atom. The molecule has 3 N–H and O–H groups in total. The van der Waals surface area contributed by atoms with Crippen molar-refractivity contribution in [2.75, 3.05) is 5.73 Å². The van der Waals surface area contributed by atoms with E-state index in [-0.39, 0.29) is 5.54 Å². The van der Waals surface area contributed by atoms with Gasteiger partial charge >= 0.3 is 0 Å². The highest BCUT2D eigenvalue weighted by molar-refractivity contribution is 5.80. The van der Waals surface area contributed by atoms with Crippen molar-refractivity contribution in [2.45, 2.75) is 44.8 Å². The molecule has 1 aliphatic rings. The molecule has 1 fully saturated rings. The Balaban J connectivity index is 2.28. The van der Waals surface area contributed by atoms with Crippen LogP contribution < -0.4 is 5.73 Å². The minimum Gasteiger partial charge on any atom is -0.399 e. The summed E-state index contributed by atoms with van der Waals surface area (Å²) < 4.78 is 2.20. The van der Waals surface area contributed by atoms with Gasteiger partial charge in [0.05, 0.1) is 11.0 Å². The Hall–Kier alpha value is -1.55. The first kappa shape index (κ1) is 11.5. The average molecular weight is 245 g/mol. The largest absolute Gasteiger partial charge is 0.399 e. The number of imidazole rings is 1. The summed E-state index contributed by atoms with van der Waals surface area (Å²) in [6.45, 7) is 4.00. The fourth-order valence-corrected chi connectivity index (χ4v) is 2.88. The van der Waals surface area contributed by atoms with Crippen molar-refractivity contribution in [1.29, 1.82) is 0 Å². The molecule has 1 unspecified atom stereocenters. The van der Waals surface area contributed by atoms with Crippen LogP contribution in [0.3, 0.4) is 0 Å². The molecule has 2 aromatic rings. The maximum atomic E-state index is 9.94. The Morgan fingerprint density at radius 3 is 2.72 bits per heavy atom. The van der Waals surface area contributed by atoms with Gasteiger partial charge in [-0.15, -0.1) is 0 Å². The second kappa shape index (κ2) is 3.72. The number of aliphatic hydroxyl groups excluding tert-OH is 1. The van der Waals surface area contributed by atoms with E-state index in [4.69, 9.17) is 5.73 Å². The van der Waals surface area contributed by atoms with Crippen LogP contribution in [0.15, 0.2) is 18.2 Å². The number of fused-ring (bicyclic) bond motifs is 1. The molecule has 4 nitrogen and oxygen atoms in total. The fraction of sp³-hybridized carbons (Fsp3) is 0.500. The van der Waals surface area contributed by atoms with Crippen LogP contribution >= 0.6 is 0 Å². The number of hydrogen-bond donors (Lipinski definition) is 2. The van der Waals surface area contributed by atoms with Crippen LogP contribution in [0.5, 0.6) is 0 Å². The van der Waals surface area contributed by atoms with E-state index in [0.29, 0.717) is 5.69 Å². The first-order valence-electron chi connectivity index (χ1n) is 6.48. The minimum atomic E-state index is -0.559. The Labute approximate surface area is 106 Å². The van der Waals surface area contributed by atoms with Crippen molar-refractivity contribution >= 4 is 16.7 Å². The Morgan fingerprint density at radius 1 is 1.44 bits per heavy atom. The van der Waals surface area contributed by atoms with Crippen LogP contribution in [0, 0.1) is 0 Å². The highest BCUT2D eigenvalue weighted by Crippen LogP contribution is 2.42. The number of aliphatic hydroxyl groups is 1. The van der Waals surface area contributed by atoms with E-state index in [1.165, 1.54) is 6.42 Å². The topological polar surface area (TPSA) is 64.1 Å². The normalized spacial score (nSPS) is 19.7. The summed E-state index contributed by atoms with van der Waals surface area (Å²) in [7, 11) is 0. The Kier molecular flexibility index (Phi) is 2.38. The number of benzene rings is 1. The molecule has 3 rings (SSSR count). The van der Waals surface area contributed by atoms with E-state index in [1.54, 1.807) is 6.92 Å². The molecule has 0 radical (unpaired) electrons. The molecule has 1 aromatic carbocycles. The van der Waals surface area contributed by atoms with Gasteiger partial charge in [0, 0.05) is 11.2 Å². The number of hydrogen-bond acceptors (Lipinski definition) is 3. The van der Waals surface area contributed by atoms with Crippen molar-refractivity contribution < 1.29 is 5.11 Å². The first-order chi connectivity index (χ1) is 8.51. The predicted molar refractivity (Wildman–Crippen MR) is 72.3 cm³/mol. The third-order valence-electron chi connectivity index (χ3n) is 4.05. The molecule has 4 heteroatoms.